The van der Waals surface area contributed by atoms with Crippen molar-refractivity contribution in [3.63, 3.8) is 0 Å². The first-order chi connectivity index (χ1) is 14.7. The number of para-hydroxylation sites is 1. The Bertz CT molecular complexity index is 1220. The van der Waals surface area contributed by atoms with E-state index < -0.39 is 23.8 Å². The average molecular weight is 425 g/mol. The molecule has 2 heterocycles. The number of rotatable bonds is 7. The summed E-state index contributed by atoms with van der Waals surface area (Å²) >= 11 is 0. The minimum Gasteiger partial charge on any atom is -0.465 e. The van der Waals surface area contributed by atoms with Crippen molar-refractivity contribution < 1.29 is 23.9 Å². The number of hydrogen-bond acceptors (Lipinski definition) is 7. The molecule has 1 aromatic carbocycles. The van der Waals surface area contributed by atoms with E-state index in [1.165, 1.54) is 14.0 Å². The lowest BCUT2D eigenvalue weighted by Crippen LogP contribution is -2.25. The molecule has 3 rings (SSSR count). The molecule has 0 saturated carbocycles. The third-order valence-corrected chi connectivity index (χ3v) is 4.98. The number of nitrogens with zero attached hydrogens (tertiary/aromatic N) is 1. The second-order valence-electron chi connectivity index (χ2n) is 7.14. The van der Waals surface area contributed by atoms with Gasteiger partial charge in [0.2, 0.25) is 5.78 Å². The van der Waals surface area contributed by atoms with Crippen LogP contribution in [0, 0.1) is 13.8 Å². The van der Waals surface area contributed by atoms with Crippen molar-refractivity contribution in [1.29, 1.82) is 0 Å². The van der Waals surface area contributed by atoms with Gasteiger partial charge >= 0.3 is 11.9 Å². The molecule has 2 N–H and O–H groups in total. The van der Waals surface area contributed by atoms with Crippen LogP contribution in [0.5, 0.6) is 0 Å². The predicted octanol–water partition coefficient (Wildman–Crippen LogP) is 2.40. The molecule has 0 fully saturated rings. The van der Waals surface area contributed by atoms with Gasteiger partial charge in [-0.1, -0.05) is 12.1 Å². The molecule has 31 heavy (non-hydrogen) atoms. The van der Waals surface area contributed by atoms with Gasteiger partial charge in [0, 0.05) is 12.1 Å². The van der Waals surface area contributed by atoms with Crippen LogP contribution in [0.1, 0.15) is 51.3 Å². The van der Waals surface area contributed by atoms with Gasteiger partial charge in [-0.3, -0.25) is 14.4 Å². The molecule has 9 nitrogen and oxygen atoms in total. The molecule has 0 saturated heterocycles. The van der Waals surface area contributed by atoms with E-state index in [-0.39, 0.29) is 29.7 Å². The summed E-state index contributed by atoms with van der Waals surface area (Å²) in [5.41, 5.74) is 1.68. The average Bonchev–Trinajstić information content (AvgIpc) is 3.05. The highest BCUT2D eigenvalue weighted by molar-refractivity contribution is 6.03. The van der Waals surface area contributed by atoms with Crippen molar-refractivity contribution in [2.24, 2.45) is 0 Å². The fourth-order valence-electron chi connectivity index (χ4n) is 3.39. The summed E-state index contributed by atoms with van der Waals surface area (Å²) in [6.45, 7) is 4.74. The maximum atomic E-state index is 12.7. The molecule has 0 unspecified atom stereocenters. The molecule has 1 atom stereocenters. The second-order valence-corrected chi connectivity index (χ2v) is 7.14. The van der Waals surface area contributed by atoms with E-state index in [0.29, 0.717) is 28.0 Å². The Kier molecular flexibility index (Phi) is 6.33. The Morgan fingerprint density at radius 2 is 1.84 bits per heavy atom. The number of nitrogens with one attached hydrogen (secondary N) is 2. The number of aromatic nitrogens is 3. The Balaban J connectivity index is 1.65. The Labute approximate surface area is 177 Å². The fourth-order valence-corrected chi connectivity index (χ4v) is 3.39. The summed E-state index contributed by atoms with van der Waals surface area (Å²) in [7, 11) is 1.26. The molecule has 9 heteroatoms. The number of fused-ring (bicyclic) bond motifs is 1. The molecule has 0 amide bonds. The van der Waals surface area contributed by atoms with Crippen LogP contribution in [0.3, 0.4) is 0 Å². The highest BCUT2D eigenvalue weighted by Gasteiger charge is 2.27. The van der Waals surface area contributed by atoms with Gasteiger partial charge in [0.1, 0.15) is 5.82 Å². The van der Waals surface area contributed by atoms with Gasteiger partial charge < -0.3 is 19.4 Å². The normalized spacial score (nSPS) is 11.9. The zero-order valence-corrected chi connectivity index (χ0v) is 17.7. The number of benzene rings is 1. The number of ketones is 1. The number of carbonyl (C=O) groups excluding carboxylic acids is 3. The van der Waals surface area contributed by atoms with E-state index in [4.69, 9.17) is 9.47 Å². The molecule has 0 spiro atoms. The lowest BCUT2D eigenvalue weighted by Gasteiger charge is -2.12. The summed E-state index contributed by atoms with van der Waals surface area (Å²) in [5, 5.41) is 0.469. The van der Waals surface area contributed by atoms with Crippen LogP contribution in [0.2, 0.25) is 0 Å². The number of ether oxygens (including phenoxy) is 2. The van der Waals surface area contributed by atoms with Crippen molar-refractivity contribution >= 4 is 28.6 Å². The van der Waals surface area contributed by atoms with E-state index in [0.717, 1.165) is 0 Å². The number of hydrogen-bond donors (Lipinski definition) is 2. The number of methoxy groups -OCH3 is 1. The van der Waals surface area contributed by atoms with Crippen LogP contribution < -0.4 is 5.56 Å². The zero-order chi connectivity index (χ0) is 22.7. The topological polar surface area (TPSA) is 131 Å². The molecule has 0 aliphatic rings. The standard InChI is InChI=1S/C22H23N3O6/c1-11-18(22(29)30-4)12(2)23-19(11)20(27)13(3)31-17(26)10-9-16-24-15-8-6-5-7-14(15)21(28)25-16/h5-8,13,23H,9-10H2,1-4H3,(H,24,25,28)/t13-/m0/s1. The second kappa shape index (κ2) is 8.95. The van der Waals surface area contributed by atoms with Gasteiger partial charge in [0.25, 0.3) is 5.56 Å². The maximum Gasteiger partial charge on any atom is 0.339 e. The molecule has 0 bridgehead atoms. The van der Waals surface area contributed by atoms with Crippen LogP contribution >= 0.6 is 0 Å². The van der Waals surface area contributed by atoms with Crippen LogP contribution in [-0.2, 0) is 20.7 Å². The smallest absolute Gasteiger partial charge is 0.339 e. The molecule has 2 aromatic heterocycles. The Morgan fingerprint density at radius 3 is 2.55 bits per heavy atom. The third-order valence-electron chi connectivity index (χ3n) is 4.98. The van der Waals surface area contributed by atoms with Crippen molar-refractivity contribution in [1.82, 2.24) is 15.0 Å². The van der Waals surface area contributed by atoms with Crippen molar-refractivity contribution in [2.75, 3.05) is 7.11 Å². The first-order valence-electron chi connectivity index (χ1n) is 9.72. The predicted molar refractivity (Wildman–Crippen MR) is 112 cm³/mol. The number of esters is 2. The molecule has 3 aromatic rings. The van der Waals surface area contributed by atoms with Crippen LogP contribution in [0.4, 0.5) is 0 Å². The van der Waals surface area contributed by atoms with Crippen molar-refractivity contribution in [2.45, 2.75) is 39.7 Å². The molecule has 0 aliphatic carbocycles. The minimum absolute atomic E-state index is 0.0605. The molecular weight excluding hydrogens is 402 g/mol. The van der Waals surface area contributed by atoms with Crippen molar-refractivity contribution in [3.8, 4) is 0 Å². The summed E-state index contributed by atoms with van der Waals surface area (Å²) in [4.78, 5) is 58.8. The first-order valence-corrected chi connectivity index (χ1v) is 9.72. The molecular formula is C22H23N3O6. The quantitative estimate of drug-likeness (QED) is 0.439. The first kappa shape index (κ1) is 21.9. The van der Waals surface area contributed by atoms with Crippen LogP contribution in [0.25, 0.3) is 10.9 Å². The number of carbonyl (C=O) groups is 3. The van der Waals surface area contributed by atoms with E-state index >= 15 is 0 Å². The monoisotopic (exact) mass is 425 g/mol. The van der Waals surface area contributed by atoms with Crippen molar-refractivity contribution in [3.05, 3.63) is 63.0 Å². The maximum absolute atomic E-state index is 12.7. The fraction of sp³-hybridized carbons (Fsp3) is 0.318. The zero-order valence-electron chi connectivity index (χ0n) is 17.7. The van der Waals surface area contributed by atoms with E-state index in [9.17, 15) is 19.2 Å². The Hall–Kier alpha value is -3.75. The molecule has 0 aliphatic heterocycles. The van der Waals surface area contributed by atoms with Gasteiger partial charge in [0.05, 0.1) is 35.7 Å². The Morgan fingerprint density at radius 1 is 1.13 bits per heavy atom. The summed E-state index contributed by atoms with van der Waals surface area (Å²) in [6.07, 6.45) is -0.958. The van der Waals surface area contributed by atoms with E-state index in [1.54, 1.807) is 38.1 Å². The number of aromatic amines is 2. The van der Waals surface area contributed by atoms with Crippen LogP contribution in [-0.4, -0.2) is 45.9 Å². The highest BCUT2D eigenvalue weighted by atomic mass is 16.5. The molecule has 162 valence electrons. The summed E-state index contributed by atoms with van der Waals surface area (Å²) in [6, 6.07) is 6.91. The lowest BCUT2D eigenvalue weighted by molar-refractivity contribution is -0.146. The van der Waals surface area contributed by atoms with Gasteiger partial charge in [-0.2, -0.15) is 0 Å². The van der Waals surface area contributed by atoms with Gasteiger partial charge in [0.15, 0.2) is 6.10 Å². The summed E-state index contributed by atoms with van der Waals surface area (Å²) < 4.78 is 9.99. The highest BCUT2D eigenvalue weighted by Crippen LogP contribution is 2.21. The van der Waals surface area contributed by atoms with Gasteiger partial charge in [-0.05, 0) is 38.5 Å². The van der Waals surface area contributed by atoms with E-state index in [2.05, 4.69) is 15.0 Å². The lowest BCUT2D eigenvalue weighted by atomic mass is 10.1. The van der Waals surface area contributed by atoms with Gasteiger partial charge in [-0.15, -0.1) is 0 Å². The van der Waals surface area contributed by atoms with E-state index in [1.807, 2.05) is 0 Å². The number of Topliss-reactive ketones (excluding diaryl/α,β-unsaturated/α-hetero) is 1. The SMILES string of the molecule is COC(=O)c1c(C)[nH]c(C(=O)[C@H](C)OC(=O)CCc2nc3ccccc3c(=O)[nH]2)c1C. The molecule has 0 radical (unpaired) electrons. The largest absolute Gasteiger partial charge is 0.465 e. The van der Waals surface area contributed by atoms with Gasteiger partial charge in [-0.25, -0.2) is 9.78 Å². The minimum atomic E-state index is -1.06. The van der Waals surface area contributed by atoms with Crippen LogP contribution in [0.15, 0.2) is 29.1 Å². The third kappa shape index (κ3) is 4.55. The number of aryl methyl sites for hydroxylation is 2. The number of H-pyrrole nitrogens is 2. The summed E-state index contributed by atoms with van der Waals surface area (Å²) in [5.74, 6) is -1.25.